The van der Waals surface area contributed by atoms with Crippen molar-refractivity contribution in [2.45, 2.75) is 69.1 Å². The van der Waals surface area contributed by atoms with Gasteiger partial charge in [0, 0.05) is 12.6 Å². The lowest BCUT2D eigenvalue weighted by molar-refractivity contribution is -0.160. The molecule has 0 bridgehead atoms. The van der Waals surface area contributed by atoms with Crippen molar-refractivity contribution in [2.75, 3.05) is 0 Å². The van der Waals surface area contributed by atoms with E-state index in [1.54, 1.807) is 18.2 Å². The van der Waals surface area contributed by atoms with E-state index in [0.717, 1.165) is 12.8 Å². The van der Waals surface area contributed by atoms with E-state index in [9.17, 15) is 18.0 Å². The minimum atomic E-state index is -4.21. The van der Waals surface area contributed by atoms with Crippen molar-refractivity contribution in [3.05, 3.63) is 35.4 Å². The minimum Gasteiger partial charge on any atom is -0.335 e. The van der Waals surface area contributed by atoms with Crippen LogP contribution in [0.4, 0.5) is 18.0 Å². The summed E-state index contributed by atoms with van der Waals surface area (Å²) in [5.41, 5.74) is -0.158. The number of rotatable bonds is 4. The Kier molecular flexibility index (Phi) is 3.78. The number of benzene rings is 1. The van der Waals surface area contributed by atoms with Gasteiger partial charge in [0.15, 0.2) is 0 Å². The predicted octanol–water partition coefficient (Wildman–Crippen LogP) is 4.41. The summed E-state index contributed by atoms with van der Waals surface area (Å²) >= 11 is 0. The van der Waals surface area contributed by atoms with E-state index in [-0.39, 0.29) is 31.5 Å². The molecule has 0 aromatic heterocycles. The second-order valence-electron chi connectivity index (χ2n) is 8.07. The molecule has 3 aliphatic rings. The Morgan fingerprint density at radius 2 is 1.88 bits per heavy atom. The molecule has 3 nitrogen and oxygen atoms in total. The number of hydrogen-bond acceptors (Lipinski definition) is 1. The number of hydrogen-bond donors (Lipinski definition) is 2. The monoisotopic (exact) mass is 352 g/mol. The lowest BCUT2D eigenvalue weighted by Gasteiger charge is -2.54. The van der Waals surface area contributed by atoms with Gasteiger partial charge in [0.25, 0.3) is 0 Å². The van der Waals surface area contributed by atoms with E-state index in [1.807, 2.05) is 0 Å². The predicted molar refractivity (Wildman–Crippen MR) is 88.1 cm³/mol. The molecule has 25 heavy (non-hydrogen) atoms. The van der Waals surface area contributed by atoms with Gasteiger partial charge >= 0.3 is 12.2 Å². The number of urea groups is 1. The van der Waals surface area contributed by atoms with Gasteiger partial charge in [-0.25, -0.2) is 4.79 Å². The van der Waals surface area contributed by atoms with Crippen LogP contribution in [0.1, 0.15) is 56.1 Å². The number of alkyl halides is 3. The van der Waals surface area contributed by atoms with Crippen LogP contribution in [0.5, 0.6) is 0 Å². The Balaban J connectivity index is 1.30. The summed E-state index contributed by atoms with van der Waals surface area (Å²) in [6.07, 6.45) is 2.07. The summed E-state index contributed by atoms with van der Waals surface area (Å²) in [4.78, 5) is 12.0. The van der Waals surface area contributed by atoms with Gasteiger partial charge in [0.2, 0.25) is 0 Å². The summed E-state index contributed by atoms with van der Waals surface area (Å²) in [6, 6.07) is 6.52. The third kappa shape index (κ3) is 3.00. The molecule has 3 aliphatic carbocycles. The van der Waals surface area contributed by atoms with Crippen LogP contribution in [0.15, 0.2) is 24.3 Å². The lowest BCUT2D eigenvalue weighted by Crippen LogP contribution is -2.55. The molecule has 1 aromatic carbocycles. The van der Waals surface area contributed by atoms with Gasteiger partial charge in [-0.15, -0.1) is 0 Å². The van der Waals surface area contributed by atoms with Gasteiger partial charge in [-0.1, -0.05) is 30.7 Å². The zero-order valence-corrected chi connectivity index (χ0v) is 14.1. The SMILES string of the molecule is O=C(NCc1cccc(C2(C(F)(F)F)CC2)c1)NC1CC2(CCC2)C1. The molecule has 0 saturated heterocycles. The first-order valence-electron chi connectivity index (χ1n) is 9.03. The van der Waals surface area contributed by atoms with Crippen LogP contribution >= 0.6 is 0 Å². The summed E-state index contributed by atoms with van der Waals surface area (Å²) in [5.74, 6) is 0. The average Bonchev–Trinajstić information content (AvgIpc) is 3.28. The Labute approximate surface area is 145 Å². The van der Waals surface area contributed by atoms with Gasteiger partial charge < -0.3 is 10.6 Å². The largest absolute Gasteiger partial charge is 0.398 e. The van der Waals surface area contributed by atoms with Crippen molar-refractivity contribution in [2.24, 2.45) is 5.41 Å². The van der Waals surface area contributed by atoms with E-state index in [1.165, 1.54) is 25.3 Å². The molecule has 3 saturated carbocycles. The molecule has 0 unspecified atom stereocenters. The Hall–Kier alpha value is -1.72. The standard InChI is InChI=1S/C19H23F3N2O/c20-19(21,22)18(7-8-18)14-4-1-3-13(9-14)12-23-16(25)24-15-10-17(11-15)5-2-6-17/h1,3-4,9,15H,2,5-8,10-12H2,(H2,23,24,25). The molecule has 3 fully saturated rings. The Morgan fingerprint density at radius 3 is 2.44 bits per heavy atom. The molecule has 136 valence electrons. The molecular weight excluding hydrogens is 329 g/mol. The molecule has 1 aromatic rings. The Bertz CT molecular complexity index is 669. The second kappa shape index (κ2) is 5.64. The van der Waals surface area contributed by atoms with Crippen LogP contribution in [0.25, 0.3) is 0 Å². The molecule has 4 rings (SSSR count). The molecule has 0 atom stereocenters. The van der Waals surface area contributed by atoms with Crippen molar-refractivity contribution in [1.29, 1.82) is 0 Å². The van der Waals surface area contributed by atoms with Crippen LogP contribution in [0.3, 0.4) is 0 Å². The summed E-state index contributed by atoms with van der Waals surface area (Å²) in [7, 11) is 0. The third-order valence-corrected chi connectivity index (χ3v) is 6.33. The van der Waals surface area contributed by atoms with Gasteiger partial charge in [-0.05, 0) is 55.1 Å². The second-order valence-corrected chi connectivity index (χ2v) is 8.07. The highest BCUT2D eigenvalue weighted by Crippen LogP contribution is 2.59. The Morgan fingerprint density at radius 1 is 1.16 bits per heavy atom. The van der Waals surface area contributed by atoms with Crippen molar-refractivity contribution < 1.29 is 18.0 Å². The van der Waals surface area contributed by atoms with Gasteiger partial charge in [0.1, 0.15) is 0 Å². The molecule has 2 N–H and O–H groups in total. The number of nitrogens with one attached hydrogen (secondary N) is 2. The van der Waals surface area contributed by atoms with Gasteiger partial charge in [-0.3, -0.25) is 0 Å². The van der Waals surface area contributed by atoms with Crippen molar-refractivity contribution in [3.8, 4) is 0 Å². The smallest absolute Gasteiger partial charge is 0.335 e. The molecule has 0 radical (unpaired) electrons. The van der Waals surface area contributed by atoms with Crippen LogP contribution in [-0.2, 0) is 12.0 Å². The first kappa shape index (κ1) is 16.7. The summed E-state index contributed by atoms with van der Waals surface area (Å²) < 4.78 is 39.7. The number of carbonyl (C=O) groups is 1. The van der Waals surface area contributed by atoms with Crippen LogP contribution in [-0.4, -0.2) is 18.2 Å². The maximum Gasteiger partial charge on any atom is 0.398 e. The van der Waals surface area contributed by atoms with E-state index in [4.69, 9.17) is 0 Å². The fraction of sp³-hybridized carbons (Fsp3) is 0.632. The number of carbonyl (C=O) groups excluding carboxylic acids is 1. The highest BCUT2D eigenvalue weighted by molar-refractivity contribution is 5.74. The van der Waals surface area contributed by atoms with Crippen LogP contribution < -0.4 is 10.6 Å². The molecule has 2 amide bonds. The normalized spacial score (nSPS) is 23.5. The number of amides is 2. The molecule has 1 spiro atoms. The van der Waals surface area contributed by atoms with Crippen molar-refractivity contribution in [3.63, 3.8) is 0 Å². The minimum absolute atomic E-state index is 0.150. The highest BCUT2D eigenvalue weighted by atomic mass is 19.4. The quantitative estimate of drug-likeness (QED) is 0.828. The van der Waals surface area contributed by atoms with Crippen LogP contribution in [0, 0.1) is 5.41 Å². The maximum atomic E-state index is 13.2. The fourth-order valence-corrected chi connectivity index (χ4v) is 4.43. The van der Waals surface area contributed by atoms with Gasteiger partial charge in [-0.2, -0.15) is 13.2 Å². The molecule has 6 heteroatoms. The van der Waals surface area contributed by atoms with E-state index in [0.29, 0.717) is 16.5 Å². The first-order chi connectivity index (χ1) is 11.8. The summed E-state index contributed by atoms with van der Waals surface area (Å²) in [6.45, 7) is 0.242. The average molecular weight is 352 g/mol. The lowest BCUT2D eigenvalue weighted by atomic mass is 9.54. The highest BCUT2D eigenvalue weighted by Gasteiger charge is 2.64. The topological polar surface area (TPSA) is 41.1 Å². The van der Waals surface area contributed by atoms with E-state index in [2.05, 4.69) is 10.6 Å². The molecular formula is C19H23F3N2O. The van der Waals surface area contributed by atoms with E-state index >= 15 is 0 Å². The van der Waals surface area contributed by atoms with Gasteiger partial charge in [0.05, 0.1) is 5.41 Å². The number of halogens is 3. The van der Waals surface area contributed by atoms with E-state index < -0.39 is 11.6 Å². The zero-order chi connectivity index (χ0) is 17.7. The van der Waals surface area contributed by atoms with Crippen LogP contribution in [0.2, 0.25) is 0 Å². The molecule has 0 aliphatic heterocycles. The fourth-order valence-electron chi connectivity index (χ4n) is 4.43. The zero-order valence-electron chi connectivity index (χ0n) is 14.1. The van der Waals surface area contributed by atoms with Crippen molar-refractivity contribution in [1.82, 2.24) is 10.6 Å². The third-order valence-electron chi connectivity index (χ3n) is 6.33. The molecule has 0 heterocycles. The van der Waals surface area contributed by atoms with Crippen molar-refractivity contribution >= 4 is 6.03 Å². The summed E-state index contributed by atoms with van der Waals surface area (Å²) in [5, 5.41) is 5.73. The maximum absolute atomic E-state index is 13.2. The first-order valence-corrected chi connectivity index (χ1v) is 9.03.